The molecule has 1 aliphatic rings. The number of aryl methyl sites for hydroxylation is 2. The fourth-order valence-corrected chi connectivity index (χ4v) is 4.03. The maximum Gasteiger partial charge on any atom is 0.227 e. The van der Waals surface area contributed by atoms with E-state index in [1.807, 2.05) is 0 Å². The quantitative estimate of drug-likeness (QED) is 0.594. The van der Waals surface area contributed by atoms with Gasteiger partial charge in [-0.2, -0.15) is 0 Å². The number of hydrogen-bond donors (Lipinski definition) is 0. The predicted octanol–water partition coefficient (Wildman–Crippen LogP) is 5.86. The van der Waals surface area contributed by atoms with Crippen molar-refractivity contribution in [2.45, 2.75) is 46.1 Å². The van der Waals surface area contributed by atoms with Gasteiger partial charge in [-0.15, -0.1) is 0 Å². The fraction of sp³-hybridized carbons (Fsp3) is 0.348. The van der Waals surface area contributed by atoms with Crippen LogP contribution in [0.25, 0.3) is 22.1 Å². The van der Waals surface area contributed by atoms with Crippen LogP contribution in [-0.4, -0.2) is 16.9 Å². The van der Waals surface area contributed by atoms with Gasteiger partial charge in [-0.25, -0.2) is 4.98 Å². The summed E-state index contributed by atoms with van der Waals surface area (Å²) in [6.07, 6.45) is 8.67. The van der Waals surface area contributed by atoms with E-state index in [2.05, 4.69) is 82.3 Å². The SMILES string of the molecule is CCC1=CC(C)(c2c(C)ccc3c2oc2nc(CC)ccc23)N(C)C=C1. The summed E-state index contributed by atoms with van der Waals surface area (Å²) in [4.78, 5) is 6.98. The molecule has 26 heavy (non-hydrogen) atoms. The Morgan fingerprint density at radius 1 is 1.08 bits per heavy atom. The molecule has 1 unspecified atom stereocenters. The lowest BCUT2D eigenvalue weighted by Gasteiger charge is -2.40. The molecule has 4 rings (SSSR count). The Morgan fingerprint density at radius 3 is 2.58 bits per heavy atom. The first-order valence-corrected chi connectivity index (χ1v) is 9.43. The number of benzene rings is 1. The first-order valence-electron chi connectivity index (χ1n) is 9.43. The Balaban J connectivity index is 2.04. The lowest BCUT2D eigenvalue weighted by atomic mass is 9.82. The number of furan rings is 1. The van der Waals surface area contributed by atoms with Crippen LogP contribution in [0.2, 0.25) is 0 Å². The van der Waals surface area contributed by atoms with Crippen molar-refractivity contribution in [3.8, 4) is 0 Å². The summed E-state index contributed by atoms with van der Waals surface area (Å²) in [7, 11) is 2.13. The van der Waals surface area contributed by atoms with Crippen molar-refractivity contribution < 1.29 is 4.42 Å². The van der Waals surface area contributed by atoms with Gasteiger partial charge in [0.2, 0.25) is 5.71 Å². The van der Waals surface area contributed by atoms with Crippen LogP contribution >= 0.6 is 0 Å². The largest absolute Gasteiger partial charge is 0.437 e. The van der Waals surface area contributed by atoms with Crippen molar-refractivity contribution in [3.05, 3.63) is 65.0 Å². The van der Waals surface area contributed by atoms with Gasteiger partial charge in [0.05, 0.1) is 5.54 Å². The molecule has 2 aromatic heterocycles. The number of rotatable bonds is 3. The van der Waals surface area contributed by atoms with Crippen LogP contribution in [0.1, 0.15) is 44.0 Å². The Labute approximate surface area is 155 Å². The molecular weight excluding hydrogens is 320 g/mol. The van der Waals surface area contributed by atoms with Gasteiger partial charge in [0, 0.05) is 35.3 Å². The minimum Gasteiger partial charge on any atom is -0.437 e. The van der Waals surface area contributed by atoms with E-state index < -0.39 is 0 Å². The molecule has 0 aliphatic carbocycles. The zero-order valence-corrected chi connectivity index (χ0v) is 16.3. The number of hydrogen-bond acceptors (Lipinski definition) is 3. The zero-order valence-electron chi connectivity index (χ0n) is 16.3. The van der Waals surface area contributed by atoms with Gasteiger partial charge in [-0.05, 0) is 56.0 Å². The van der Waals surface area contributed by atoms with Crippen LogP contribution in [0.15, 0.2) is 52.6 Å². The van der Waals surface area contributed by atoms with Crippen molar-refractivity contribution >= 4 is 22.1 Å². The molecule has 0 N–H and O–H groups in total. The van der Waals surface area contributed by atoms with E-state index in [9.17, 15) is 0 Å². The van der Waals surface area contributed by atoms with Crippen molar-refractivity contribution in [1.29, 1.82) is 0 Å². The molecule has 0 spiro atoms. The standard InChI is InChI=1S/C23H26N2O/c1-6-16-12-13-25(5)23(4,14-16)20-15(3)8-10-18-19-11-9-17(7-2)24-22(19)26-21(18)20/h8-14H,6-7H2,1-5H3. The van der Waals surface area contributed by atoms with E-state index in [0.717, 1.165) is 40.6 Å². The van der Waals surface area contributed by atoms with Gasteiger partial charge in [0.1, 0.15) is 5.58 Å². The lowest BCUT2D eigenvalue weighted by Crippen LogP contribution is -2.38. The molecule has 3 heteroatoms. The molecule has 0 radical (unpaired) electrons. The Kier molecular flexibility index (Phi) is 3.91. The highest BCUT2D eigenvalue weighted by Gasteiger charge is 2.34. The third-order valence-corrected chi connectivity index (χ3v) is 5.76. The molecule has 134 valence electrons. The van der Waals surface area contributed by atoms with Gasteiger partial charge in [-0.3, -0.25) is 0 Å². The average molecular weight is 346 g/mol. The smallest absolute Gasteiger partial charge is 0.227 e. The summed E-state index contributed by atoms with van der Waals surface area (Å²) >= 11 is 0. The fourth-order valence-electron chi connectivity index (χ4n) is 4.03. The second-order valence-corrected chi connectivity index (χ2v) is 7.39. The van der Waals surface area contributed by atoms with E-state index in [0.29, 0.717) is 0 Å². The first kappa shape index (κ1) is 16.9. The normalized spacial score (nSPS) is 20.2. The third kappa shape index (κ3) is 2.38. The third-order valence-electron chi connectivity index (χ3n) is 5.76. The van der Waals surface area contributed by atoms with Gasteiger partial charge >= 0.3 is 0 Å². The molecule has 1 aliphatic heterocycles. The highest BCUT2D eigenvalue weighted by Crippen LogP contribution is 2.42. The molecule has 0 bridgehead atoms. The Hall–Kier alpha value is -2.55. The Morgan fingerprint density at radius 2 is 1.85 bits per heavy atom. The second kappa shape index (κ2) is 6.01. The monoisotopic (exact) mass is 346 g/mol. The average Bonchev–Trinajstić information content (AvgIpc) is 3.00. The van der Waals surface area contributed by atoms with E-state index >= 15 is 0 Å². The summed E-state index contributed by atoms with van der Waals surface area (Å²) in [6.45, 7) is 8.76. The second-order valence-electron chi connectivity index (χ2n) is 7.39. The van der Waals surface area contributed by atoms with E-state index in [1.54, 1.807) is 0 Å². The molecule has 0 saturated heterocycles. The van der Waals surface area contributed by atoms with Gasteiger partial charge < -0.3 is 9.32 Å². The van der Waals surface area contributed by atoms with E-state index in [1.165, 1.54) is 16.7 Å². The number of likely N-dealkylation sites (N-methyl/N-ethyl adjacent to an activating group) is 1. The van der Waals surface area contributed by atoms with E-state index in [4.69, 9.17) is 9.40 Å². The number of aromatic nitrogens is 1. The van der Waals surface area contributed by atoms with Crippen molar-refractivity contribution in [1.82, 2.24) is 9.88 Å². The Bertz CT molecular complexity index is 1060. The number of nitrogens with zero attached hydrogens (tertiary/aromatic N) is 2. The molecule has 3 heterocycles. The van der Waals surface area contributed by atoms with Crippen LogP contribution in [0.4, 0.5) is 0 Å². The van der Waals surface area contributed by atoms with Crippen molar-refractivity contribution in [2.75, 3.05) is 7.05 Å². The zero-order chi connectivity index (χ0) is 18.5. The predicted molar refractivity (Wildman–Crippen MR) is 108 cm³/mol. The van der Waals surface area contributed by atoms with Gasteiger partial charge in [0.25, 0.3) is 0 Å². The lowest BCUT2D eigenvalue weighted by molar-refractivity contribution is 0.258. The van der Waals surface area contributed by atoms with Crippen molar-refractivity contribution in [3.63, 3.8) is 0 Å². The molecule has 0 amide bonds. The summed E-state index contributed by atoms with van der Waals surface area (Å²) in [5.74, 6) is 0. The molecule has 3 nitrogen and oxygen atoms in total. The summed E-state index contributed by atoms with van der Waals surface area (Å²) in [6, 6.07) is 8.62. The van der Waals surface area contributed by atoms with Gasteiger partial charge in [0.15, 0.2) is 0 Å². The molecule has 0 saturated carbocycles. The highest BCUT2D eigenvalue weighted by molar-refractivity contribution is 6.05. The number of fused-ring (bicyclic) bond motifs is 3. The highest BCUT2D eigenvalue weighted by atomic mass is 16.3. The molecule has 0 fully saturated rings. The van der Waals surface area contributed by atoms with Crippen LogP contribution in [-0.2, 0) is 12.0 Å². The summed E-state index contributed by atoms with van der Waals surface area (Å²) in [5.41, 5.74) is 6.33. The number of pyridine rings is 1. The van der Waals surface area contributed by atoms with Gasteiger partial charge in [-0.1, -0.05) is 32.1 Å². The van der Waals surface area contributed by atoms with E-state index in [-0.39, 0.29) is 5.54 Å². The van der Waals surface area contributed by atoms with Crippen molar-refractivity contribution in [2.24, 2.45) is 0 Å². The summed E-state index contributed by atoms with van der Waals surface area (Å²) < 4.78 is 6.35. The van der Waals surface area contributed by atoms with Crippen LogP contribution < -0.4 is 0 Å². The topological polar surface area (TPSA) is 29.3 Å². The number of allylic oxidation sites excluding steroid dienone is 2. The maximum absolute atomic E-state index is 6.35. The minimum atomic E-state index is -0.245. The van der Waals surface area contributed by atoms with Crippen LogP contribution in [0.5, 0.6) is 0 Å². The molecule has 1 aromatic carbocycles. The van der Waals surface area contributed by atoms with Crippen LogP contribution in [0, 0.1) is 6.92 Å². The minimum absolute atomic E-state index is 0.245. The summed E-state index contributed by atoms with van der Waals surface area (Å²) in [5, 5.41) is 2.24. The molecule has 1 atom stereocenters. The maximum atomic E-state index is 6.35. The van der Waals surface area contributed by atoms with Crippen LogP contribution in [0.3, 0.4) is 0 Å². The molecule has 3 aromatic rings. The first-order chi connectivity index (χ1) is 12.5. The molecular formula is C23H26N2O.